The Hall–Kier alpha value is -2.59. The zero-order chi connectivity index (χ0) is 15.4. The summed E-state index contributed by atoms with van der Waals surface area (Å²) in [6.45, 7) is -0.375. The lowest BCUT2D eigenvalue weighted by molar-refractivity contribution is -0.146. The molecular formula is C18H16O4. The number of carbonyl (C=O) groups is 1. The minimum Gasteiger partial charge on any atom is -0.481 e. The van der Waals surface area contributed by atoms with Gasteiger partial charge in [0.2, 0.25) is 0 Å². The molecule has 4 heteroatoms. The minimum atomic E-state index is -0.494. The third-order valence-corrected chi connectivity index (χ3v) is 3.41. The highest BCUT2D eigenvalue weighted by Crippen LogP contribution is 2.29. The van der Waals surface area contributed by atoms with Crippen molar-refractivity contribution in [2.75, 3.05) is 19.8 Å². The van der Waals surface area contributed by atoms with E-state index in [0.29, 0.717) is 5.75 Å². The lowest BCUT2D eigenvalue weighted by Gasteiger charge is -2.10. The van der Waals surface area contributed by atoms with Crippen LogP contribution in [0.2, 0.25) is 0 Å². The Balaban J connectivity index is 1.89. The van der Waals surface area contributed by atoms with Crippen LogP contribution in [0.15, 0.2) is 54.6 Å². The van der Waals surface area contributed by atoms with Crippen LogP contribution >= 0.6 is 0 Å². The maximum Gasteiger partial charge on any atom is 0.344 e. The van der Waals surface area contributed by atoms with Crippen molar-refractivity contribution < 1.29 is 19.4 Å². The van der Waals surface area contributed by atoms with Gasteiger partial charge in [0.25, 0.3) is 0 Å². The maximum absolute atomic E-state index is 11.5. The molecule has 0 aromatic heterocycles. The van der Waals surface area contributed by atoms with E-state index in [9.17, 15) is 4.79 Å². The number of aliphatic hydroxyl groups is 1. The number of rotatable bonds is 5. The van der Waals surface area contributed by atoms with Gasteiger partial charge in [-0.1, -0.05) is 36.4 Å². The zero-order valence-corrected chi connectivity index (χ0v) is 12.0. The highest BCUT2D eigenvalue weighted by atomic mass is 16.6. The summed E-state index contributed by atoms with van der Waals surface area (Å²) < 4.78 is 10.4. The summed E-state index contributed by atoms with van der Waals surface area (Å²) in [5.41, 5.74) is 0. The third kappa shape index (κ3) is 3.02. The van der Waals surface area contributed by atoms with Gasteiger partial charge in [0.05, 0.1) is 6.61 Å². The van der Waals surface area contributed by atoms with Gasteiger partial charge in [0.15, 0.2) is 6.61 Å². The van der Waals surface area contributed by atoms with Gasteiger partial charge in [0, 0.05) is 5.39 Å². The number of esters is 1. The van der Waals surface area contributed by atoms with Crippen LogP contribution in [0.25, 0.3) is 21.5 Å². The first kappa shape index (κ1) is 14.4. The number of carbonyl (C=O) groups excluding carboxylic acids is 1. The average Bonchev–Trinajstić information content (AvgIpc) is 2.56. The molecule has 0 radical (unpaired) electrons. The SMILES string of the molecule is O=C(COc1cccc2cc3ccccc3cc12)OCCO. The Kier molecular flexibility index (Phi) is 4.21. The Morgan fingerprint density at radius 3 is 2.45 bits per heavy atom. The molecule has 3 rings (SSSR count). The summed E-state index contributed by atoms with van der Waals surface area (Å²) in [4.78, 5) is 11.5. The largest absolute Gasteiger partial charge is 0.481 e. The predicted molar refractivity (Wildman–Crippen MR) is 85.0 cm³/mol. The molecule has 22 heavy (non-hydrogen) atoms. The molecule has 0 heterocycles. The summed E-state index contributed by atoms with van der Waals surface area (Å²) in [7, 11) is 0. The fourth-order valence-corrected chi connectivity index (χ4v) is 2.40. The van der Waals surface area contributed by atoms with Gasteiger partial charge in [-0.15, -0.1) is 0 Å². The molecule has 112 valence electrons. The molecule has 0 bridgehead atoms. The second kappa shape index (κ2) is 6.45. The number of aliphatic hydroxyl groups excluding tert-OH is 1. The lowest BCUT2D eigenvalue weighted by Crippen LogP contribution is -2.16. The van der Waals surface area contributed by atoms with Gasteiger partial charge in [-0.25, -0.2) is 4.79 Å². The van der Waals surface area contributed by atoms with Gasteiger partial charge in [0.1, 0.15) is 12.4 Å². The molecule has 0 unspecified atom stereocenters. The van der Waals surface area contributed by atoms with E-state index in [-0.39, 0.29) is 19.8 Å². The highest BCUT2D eigenvalue weighted by molar-refractivity contribution is 6.00. The second-order valence-corrected chi connectivity index (χ2v) is 4.91. The molecule has 0 atom stereocenters. The van der Waals surface area contributed by atoms with Crippen LogP contribution in [0.3, 0.4) is 0 Å². The average molecular weight is 296 g/mol. The van der Waals surface area contributed by atoms with E-state index in [2.05, 4.69) is 18.2 Å². The topological polar surface area (TPSA) is 55.8 Å². The smallest absolute Gasteiger partial charge is 0.344 e. The van der Waals surface area contributed by atoms with Gasteiger partial charge < -0.3 is 14.6 Å². The number of benzene rings is 3. The van der Waals surface area contributed by atoms with Crippen LogP contribution in [0, 0.1) is 0 Å². The van der Waals surface area contributed by atoms with Gasteiger partial charge in [-0.3, -0.25) is 0 Å². The molecule has 0 aliphatic rings. The van der Waals surface area contributed by atoms with Crippen LogP contribution in [-0.2, 0) is 9.53 Å². The van der Waals surface area contributed by atoms with Crippen LogP contribution in [0.5, 0.6) is 5.75 Å². The highest BCUT2D eigenvalue weighted by Gasteiger charge is 2.07. The molecule has 4 nitrogen and oxygen atoms in total. The van der Waals surface area contributed by atoms with Crippen LogP contribution < -0.4 is 4.74 Å². The van der Waals surface area contributed by atoms with E-state index in [1.807, 2.05) is 36.4 Å². The van der Waals surface area contributed by atoms with E-state index in [1.165, 1.54) is 0 Å². The second-order valence-electron chi connectivity index (χ2n) is 4.91. The maximum atomic E-state index is 11.5. The molecule has 0 aliphatic carbocycles. The Labute approximate surface area is 127 Å². The molecule has 3 aromatic rings. The predicted octanol–water partition coefficient (Wildman–Crippen LogP) is 2.91. The van der Waals surface area contributed by atoms with Crippen LogP contribution in [0.1, 0.15) is 0 Å². The Morgan fingerprint density at radius 1 is 0.955 bits per heavy atom. The number of fused-ring (bicyclic) bond motifs is 2. The first-order chi connectivity index (χ1) is 10.8. The monoisotopic (exact) mass is 296 g/mol. The van der Waals surface area contributed by atoms with E-state index in [1.54, 1.807) is 0 Å². The van der Waals surface area contributed by atoms with E-state index in [4.69, 9.17) is 14.6 Å². The molecular weight excluding hydrogens is 280 g/mol. The summed E-state index contributed by atoms with van der Waals surface area (Å²) in [5, 5.41) is 12.9. The molecule has 0 saturated carbocycles. The van der Waals surface area contributed by atoms with Crippen LogP contribution in [-0.4, -0.2) is 30.9 Å². The molecule has 1 N–H and O–H groups in total. The summed E-state index contributed by atoms with van der Waals surface area (Å²) >= 11 is 0. The Morgan fingerprint density at radius 2 is 1.68 bits per heavy atom. The summed E-state index contributed by atoms with van der Waals surface area (Å²) in [5.74, 6) is 0.149. The van der Waals surface area contributed by atoms with Crippen molar-refractivity contribution in [3.05, 3.63) is 54.6 Å². The fraction of sp³-hybridized carbons (Fsp3) is 0.167. The van der Waals surface area contributed by atoms with E-state index >= 15 is 0 Å². The molecule has 0 amide bonds. The van der Waals surface area contributed by atoms with Crippen molar-refractivity contribution in [1.29, 1.82) is 0 Å². The number of ether oxygens (including phenoxy) is 2. The van der Waals surface area contributed by atoms with Crippen molar-refractivity contribution in [2.24, 2.45) is 0 Å². The van der Waals surface area contributed by atoms with E-state index < -0.39 is 5.97 Å². The van der Waals surface area contributed by atoms with Crippen molar-refractivity contribution >= 4 is 27.5 Å². The molecule has 0 fully saturated rings. The van der Waals surface area contributed by atoms with Crippen LogP contribution in [0.4, 0.5) is 0 Å². The number of hydrogen-bond donors (Lipinski definition) is 1. The number of hydrogen-bond acceptors (Lipinski definition) is 4. The lowest BCUT2D eigenvalue weighted by atomic mass is 10.0. The molecule has 0 aliphatic heterocycles. The molecule has 3 aromatic carbocycles. The fourth-order valence-electron chi connectivity index (χ4n) is 2.40. The molecule has 0 saturated heterocycles. The van der Waals surface area contributed by atoms with Crippen molar-refractivity contribution in [2.45, 2.75) is 0 Å². The first-order valence-electron chi connectivity index (χ1n) is 7.09. The normalized spacial score (nSPS) is 10.8. The molecule has 0 spiro atoms. The van der Waals surface area contributed by atoms with Crippen molar-refractivity contribution in [3.8, 4) is 5.75 Å². The summed E-state index contributed by atoms with van der Waals surface area (Å²) in [6, 6.07) is 18.0. The van der Waals surface area contributed by atoms with Crippen molar-refractivity contribution in [3.63, 3.8) is 0 Å². The standard InChI is InChI=1S/C18H16O4/c19-8-9-21-18(20)12-22-17-7-3-6-15-10-13-4-1-2-5-14(13)11-16(15)17/h1-7,10-11,19H,8-9,12H2. The van der Waals surface area contributed by atoms with E-state index in [0.717, 1.165) is 21.5 Å². The van der Waals surface area contributed by atoms with Gasteiger partial charge in [-0.2, -0.15) is 0 Å². The quantitative estimate of drug-likeness (QED) is 0.581. The van der Waals surface area contributed by atoms with Gasteiger partial charge >= 0.3 is 5.97 Å². The zero-order valence-electron chi connectivity index (χ0n) is 12.0. The summed E-state index contributed by atoms with van der Waals surface area (Å²) in [6.07, 6.45) is 0. The first-order valence-corrected chi connectivity index (χ1v) is 7.09. The van der Waals surface area contributed by atoms with Gasteiger partial charge in [-0.05, 0) is 34.4 Å². The van der Waals surface area contributed by atoms with Crippen molar-refractivity contribution in [1.82, 2.24) is 0 Å². The minimum absolute atomic E-state index is 0.0115. The third-order valence-electron chi connectivity index (χ3n) is 3.41. The Bertz CT molecular complexity index is 810.